The summed E-state index contributed by atoms with van der Waals surface area (Å²) in [5.41, 5.74) is 1.07. The lowest BCUT2D eigenvalue weighted by Gasteiger charge is -2.27. The number of amides is 1. The average molecular weight is 327 g/mol. The SMILES string of the molecule is Cc1cc(Br)ccc1OCCC(=O)N1CCNCC1. The highest BCUT2D eigenvalue weighted by atomic mass is 79.9. The lowest BCUT2D eigenvalue weighted by Crippen LogP contribution is -2.46. The van der Waals surface area contributed by atoms with E-state index in [9.17, 15) is 4.79 Å². The minimum absolute atomic E-state index is 0.177. The van der Waals surface area contributed by atoms with Gasteiger partial charge in [-0.05, 0) is 30.7 Å². The van der Waals surface area contributed by atoms with Crippen LogP contribution in [0.15, 0.2) is 22.7 Å². The molecule has 104 valence electrons. The van der Waals surface area contributed by atoms with E-state index in [1.807, 2.05) is 30.0 Å². The molecular formula is C14H19BrN2O2. The highest BCUT2D eigenvalue weighted by molar-refractivity contribution is 9.10. The first kappa shape index (κ1) is 14.3. The summed E-state index contributed by atoms with van der Waals surface area (Å²) in [4.78, 5) is 13.8. The molecule has 0 spiro atoms. The Morgan fingerprint density at radius 2 is 2.16 bits per heavy atom. The summed E-state index contributed by atoms with van der Waals surface area (Å²) in [7, 11) is 0. The molecule has 19 heavy (non-hydrogen) atoms. The van der Waals surface area contributed by atoms with E-state index in [0.717, 1.165) is 42.0 Å². The van der Waals surface area contributed by atoms with Crippen molar-refractivity contribution in [3.63, 3.8) is 0 Å². The van der Waals surface area contributed by atoms with Gasteiger partial charge in [-0.2, -0.15) is 0 Å². The first-order valence-corrected chi connectivity index (χ1v) is 7.33. The van der Waals surface area contributed by atoms with Gasteiger partial charge in [0.15, 0.2) is 0 Å². The number of piperazine rings is 1. The van der Waals surface area contributed by atoms with Crippen LogP contribution in [0.4, 0.5) is 0 Å². The van der Waals surface area contributed by atoms with Gasteiger partial charge in [0.1, 0.15) is 5.75 Å². The molecule has 2 rings (SSSR count). The lowest BCUT2D eigenvalue weighted by atomic mass is 10.2. The Hall–Kier alpha value is -1.07. The Morgan fingerprint density at radius 1 is 1.42 bits per heavy atom. The van der Waals surface area contributed by atoms with Crippen LogP contribution in [0.2, 0.25) is 0 Å². The van der Waals surface area contributed by atoms with E-state index in [1.54, 1.807) is 0 Å². The number of carbonyl (C=O) groups excluding carboxylic acids is 1. The van der Waals surface area contributed by atoms with Crippen LogP contribution in [0.5, 0.6) is 5.75 Å². The molecule has 4 nitrogen and oxygen atoms in total. The first-order valence-electron chi connectivity index (χ1n) is 6.54. The number of aryl methyl sites for hydroxylation is 1. The first-order chi connectivity index (χ1) is 9.16. The standard InChI is InChI=1S/C14H19BrN2O2/c1-11-10-12(15)2-3-13(11)19-9-4-14(18)17-7-5-16-6-8-17/h2-3,10,16H,4-9H2,1H3. The summed E-state index contributed by atoms with van der Waals surface area (Å²) >= 11 is 3.42. The summed E-state index contributed by atoms with van der Waals surface area (Å²) < 4.78 is 6.71. The highest BCUT2D eigenvalue weighted by Crippen LogP contribution is 2.22. The molecule has 0 bridgehead atoms. The second-order valence-corrected chi connectivity index (χ2v) is 5.55. The molecule has 5 heteroatoms. The van der Waals surface area contributed by atoms with Crippen LogP contribution in [-0.4, -0.2) is 43.6 Å². The number of carbonyl (C=O) groups is 1. The number of halogens is 1. The maximum atomic E-state index is 11.9. The molecule has 1 heterocycles. The molecule has 0 aromatic heterocycles. The maximum absolute atomic E-state index is 11.9. The molecule has 1 N–H and O–H groups in total. The van der Waals surface area contributed by atoms with Crippen molar-refractivity contribution in [2.75, 3.05) is 32.8 Å². The second kappa shape index (κ2) is 6.91. The van der Waals surface area contributed by atoms with Crippen LogP contribution in [0.25, 0.3) is 0 Å². The Kier molecular flexibility index (Phi) is 5.22. The molecule has 0 atom stereocenters. The summed E-state index contributed by atoms with van der Waals surface area (Å²) in [6.45, 7) is 5.81. The molecule has 1 aliphatic heterocycles. The lowest BCUT2D eigenvalue weighted by molar-refractivity contribution is -0.132. The Balaban J connectivity index is 1.78. The molecule has 0 radical (unpaired) electrons. The Labute approximate surface area is 122 Å². The van der Waals surface area contributed by atoms with E-state index in [2.05, 4.69) is 21.2 Å². The molecule has 0 aliphatic carbocycles. The Bertz CT molecular complexity index is 445. The summed E-state index contributed by atoms with van der Waals surface area (Å²) in [6.07, 6.45) is 0.440. The zero-order valence-corrected chi connectivity index (χ0v) is 12.7. The molecule has 1 saturated heterocycles. The maximum Gasteiger partial charge on any atom is 0.226 e. The summed E-state index contributed by atoms with van der Waals surface area (Å²) in [5.74, 6) is 1.02. The molecule has 1 aromatic rings. The molecule has 1 aromatic carbocycles. The monoisotopic (exact) mass is 326 g/mol. The number of rotatable bonds is 4. The smallest absolute Gasteiger partial charge is 0.226 e. The molecule has 1 fully saturated rings. The topological polar surface area (TPSA) is 41.6 Å². The second-order valence-electron chi connectivity index (χ2n) is 4.64. The van der Waals surface area contributed by atoms with Crippen LogP contribution < -0.4 is 10.1 Å². The summed E-state index contributed by atoms with van der Waals surface area (Å²) in [5, 5.41) is 3.23. The van der Waals surface area contributed by atoms with Crippen LogP contribution in [0, 0.1) is 6.92 Å². The summed E-state index contributed by atoms with van der Waals surface area (Å²) in [6, 6.07) is 5.88. The van der Waals surface area contributed by atoms with E-state index < -0.39 is 0 Å². The fraction of sp³-hybridized carbons (Fsp3) is 0.500. The van der Waals surface area contributed by atoms with Gasteiger partial charge in [-0.15, -0.1) is 0 Å². The van der Waals surface area contributed by atoms with Gasteiger partial charge in [0, 0.05) is 30.7 Å². The molecule has 1 amide bonds. The third kappa shape index (κ3) is 4.21. The third-order valence-corrected chi connectivity index (χ3v) is 3.67. The average Bonchev–Trinajstić information content (AvgIpc) is 2.42. The van der Waals surface area contributed by atoms with Gasteiger partial charge in [0.25, 0.3) is 0 Å². The van der Waals surface area contributed by atoms with E-state index in [0.29, 0.717) is 13.0 Å². The van der Waals surface area contributed by atoms with Crippen molar-refractivity contribution in [2.24, 2.45) is 0 Å². The fourth-order valence-corrected chi connectivity index (χ4v) is 2.57. The van der Waals surface area contributed by atoms with E-state index in [-0.39, 0.29) is 5.91 Å². The van der Waals surface area contributed by atoms with Crippen molar-refractivity contribution < 1.29 is 9.53 Å². The quantitative estimate of drug-likeness (QED) is 0.919. The van der Waals surface area contributed by atoms with Crippen molar-refractivity contribution in [3.8, 4) is 5.75 Å². The van der Waals surface area contributed by atoms with Gasteiger partial charge in [-0.25, -0.2) is 0 Å². The molecule has 0 saturated carbocycles. The van der Waals surface area contributed by atoms with Crippen LogP contribution >= 0.6 is 15.9 Å². The van der Waals surface area contributed by atoms with Gasteiger partial charge in [0.2, 0.25) is 5.91 Å². The Morgan fingerprint density at radius 3 is 2.84 bits per heavy atom. The van der Waals surface area contributed by atoms with Gasteiger partial charge < -0.3 is 15.0 Å². The van der Waals surface area contributed by atoms with Gasteiger partial charge >= 0.3 is 0 Å². The van der Waals surface area contributed by atoms with Crippen molar-refractivity contribution in [1.29, 1.82) is 0 Å². The van der Waals surface area contributed by atoms with Crippen LogP contribution in [0.3, 0.4) is 0 Å². The fourth-order valence-electron chi connectivity index (χ4n) is 2.10. The zero-order valence-electron chi connectivity index (χ0n) is 11.1. The number of ether oxygens (including phenoxy) is 1. The van der Waals surface area contributed by atoms with E-state index in [1.165, 1.54) is 0 Å². The van der Waals surface area contributed by atoms with E-state index >= 15 is 0 Å². The van der Waals surface area contributed by atoms with Crippen LogP contribution in [-0.2, 0) is 4.79 Å². The number of hydrogen-bond acceptors (Lipinski definition) is 3. The molecular weight excluding hydrogens is 308 g/mol. The predicted octanol–water partition coefficient (Wildman–Crippen LogP) is 1.96. The molecule has 1 aliphatic rings. The highest BCUT2D eigenvalue weighted by Gasteiger charge is 2.15. The van der Waals surface area contributed by atoms with E-state index in [4.69, 9.17) is 4.74 Å². The van der Waals surface area contributed by atoms with Gasteiger partial charge in [-0.1, -0.05) is 15.9 Å². The van der Waals surface area contributed by atoms with Crippen molar-refractivity contribution >= 4 is 21.8 Å². The number of benzene rings is 1. The van der Waals surface area contributed by atoms with Gasteiger partial charge in [-0.3, -0.25) is 4.79 Å². The van der Waals surface area contributed by atoms with Crippen molar-refractivity contribution in [1.82, 2.24) is 10.2 Å². The largest absolute Gasteiger partial charge is 0.493 e. The van der Waals surface area contributed by atoms with Crippen LogP contribution in [0.1, 0.15) is 12.0 Å². The zero-order chi connectivity index (χ0) is 13.7. The van der Waals surface area contributed by atoms with Crippen molar-refractivity contribution in [3.05, 3.63) is 28.2 Å². The predicted molar refractivity (Wildman–Crippen MR) is 78.4 cm³/mol. The number of hydrogen-bond donors (Lipinski definition) is 1. The minimum Gasteiger partial charge on any atom is -0.493 e. The molecule has 0 unspecified atom stereocenters. The van der Waals surface area contributed by atoms with Crippen molar-refractivity contribution in [2.45, 2.75) is 13.3 Å². The third-order valence-electron chi connectivity index (χ3n) is 3.18. The number of nitrogens with one attached hydrogen (secondary N) is 1. The van der Waals surface area contributed by atoms with Gasteiger partial charge in [0.05, 0.1) is 13.0 Å². The number of nitrogens with zero attached hydrogens (tertiary/aromatic N) is 1. The minimum atomic E-state index is 0.177. The normalized spacial score (nSPS) is 15.4.